The Labute approximate surface area is 241 Å². The fourth-order valence-electron chi connectivity index (χ4n) is 8.62. The summed E-state index contributed by atoms with van der Waals surface area (Å²) in [5, 5.41) is 25.1. The van der Waals surface area contributed by atoms with E-state index in [9.17, 15) is 10.2 Å². The number of aliphatic hydroxyl groups is 1. The minimum absolute atomic E-state index is 0.0267. The zero-order chi connectivity index (χ0) is 28.1. The summed E-state index contributed by atoms with van der Waals surface area (Å²) in [6.45, 7) is 3.55. The first-order chi connectivity index (χ1) is 19.8. The summed E-state index contributed by atoms with van der Waals surface area (Å²) in [6, 6.07) is 10.3. The Hall–Kier alpha value is -3.07. The maximum absolute atomic E-state index is 13.0. The van der Waals surface area contributed by atoms with Crippen LogP contribution in [-0.2, 0) is 24.8 Å². The number of hydrogen-bond acceptors (Lipinski definition) is 6. The molecule has 4 atom stereocenters. The summed E-state index contributed by atoms with van der Waals surface area (Å²) in [5.41, 5.74) is 11.3. The molecule has 8 rings (SSSR count). The molecule has 0 radical (unpaired) electrons. The predicted octanol–water partition coefficient (Wildman–Crippen LogP) is 3.77. The van der Waals surface area contributed by atoms with Crippen molar-refractivity contribution in [3.63, 3.8) is 0 Å². The van der Waals surface area contributed by atoms with E-state index in [1.54, 1.807) is 6.07 Å². The number of nitrogens with one attached hydrogen (secondary N) is 1. The molecule has 5 aliphatic rings. The van der Waals surface area contributed by atoms with Crippen LogP contribution in [0, 0.1) is 5.92 Å². The third-order valence-corrected chi connectivity index (χ3v) is 10.7. The molecule has 5 N–H and O–H groups in total. The van der Waals surface area contributed by atoms with Gasteiger partial charge in [-0.2, -0.15) is 0 Å². The second kappa shape index (κ2) is 8.96. The van der Waals surface area contributed by atoms with Crippen LogP contribution < -0.4 is 10.5 Å². The molecule has 41 heavy (non-hydrogen) atoms. The maximum atomic E-state index is 13.0. The normalized spacial score (nSPS) is 30.0. The van der Waals surface area contributed by atoms with E-state index in [1.807, 2.05) is 0 Å². The predicted molar refractivity (Wildman–Crippen MR) is 160 cm³/mol. The summed E-state index contributed by atoms with van der Waals surface area (Å²) < 4.78 is 6.72. The average Bonchev–Trinajstić information content (AvgIpc) is 3.58. The number of rotatable bonds is 8. The van der Waals surface area contributed by atoms with E-state index in [1.165, 1.54) is 18.4 Å². The van der Waals surface area contributed by atoms with Crippen LogP contribution in [0.5, 0.6) is 11.5 Å². The fourth-order valence-corrected chi connectivity index (χ4v) is 8.62. The number of aromatic hydroxyl groups is 1. The number of phenolic OH excluding ortho intramolecular Hbond substituents is 1. The first kappa shape index (κ1) is 25.6. The van der Waals surface area contributed by atoms with E-state index in [0.29, 0.717) is 24.6 Å². The summed E-state index contributed by atoms with van der Waals surface area (Å²) in [7, 11) is 4.14. The van der Waals surface area contributed by atoms with Gasteiger partial charge in [0.2, 0.25) is 0 Å². The van der Waals surface area contributed by atoms with Crippen molar-refractivity contribution in [3.8, 4) is 11.5 Å². The number of nitrogens with zero attached hydrogens (tertiary/aromatic N) is 3. The summed E-state index contributed by atoms with van der Waals surface area (Å²) in [4.78, 5) is 13.1. The lowest BCUT2D eigenvalue weighted by Gasteiger charge is -2.62. The first-order valence-electron chi connectivity index (χ1n) is 15.3. The number of aliphatic imine (C=N–C) groups is 1. The number of amidine groups is 1. The number of aromatic nitrogens is 1. The van der Waals surface area contributed by atoms with Crippen molar-refractivity contribution < 1.29 is 14.9 Å². The Morgan fingerprint density at radius 1 is 1.24 bits per heavy atom. The molecule has 3 aromatic rings. The van der Waals surface area contributed by atoms with Gasteiger partial charge in [0.1, 0.15) is 0 Å². The Bertz CT molecular complexity index is 1570. The third-order valence-electron chi connectivity index (χ3n) is 10.7. The van der Waals surface area contributed by atoms with Gasteiger partial charge in [0.25, 0.3) is 0 Å². The zero-order valence-corrected chi connectivity index (χ0v) is 24.1. The molecular formula is C33H41N5O3. The highest BCUT2D eigenvalue weighted by atomic mass is 16.5. The van der Waals surface area contributed by atoms with Gasteiger partial charge in [-0.05, 0) is 100 Å². The number of hydrogen-bond donors (Lipinski definition) is 4. The van der Waals surface area contributed by atoms with Crippen molar-refractivity contribution >= 4 is 16.7 Å². The van der Waals surface area contributed by atoms with Gasteiger partial charge in [0.15, 0.2) is 17.6 Å². The van der Waals surface area contributed by atoms with Gasteiger partial charge in [0, 0.05) is 41.9 Å². The highest BCUT2D eigenvalue weighted by molar-refractivity contribution is 5.87. The number of phenols is 1. The molecule has 8 heteroatoms. The van der Waals surface area contributed by atoms with Gasteiger partial charge in [-0.1, -0.05) is 12.1 Å². The summed E-state index contributed by atoms with van der Waals surface area (Å²) in [6.07, 6.45) is 6.20. The quantitative estimate of drug-likeness (QED) is 0.249. The Balaban J connectivity index is 1.20. The zero-order valence-electron chi connectivity index (χ0n) is 24.1. The molecular weight excluding hydrogens is 514 g/mol. The molecule has 1 aromatic heterocycles. The number of H-pyrrole nitrogens is 1. The highest BCUT2D eigenvalue weighted by Crippen LogP contribution is 2.69. The second-order valence-corrected chi connectivity index (χ2v) is 13.5. The lowest BCUT2D eigenvalue weighted by molar-refractivity contribution is -0.173. The second-order valence-electron chi connectivity index (χ2n) is 13.5. The number of fused-ring (bicyclic) bond motifs is 4. The van der Waals surface area contributed by atoms with Gasteiger partial charge in [-0.15, -0.1) is 0 Å². The molecule has 0 unspecified atom stereocenters. The van der Waals surface area contributed by atoms with E-state index in [4.69, 9.17) is 10.5 Å². The molecule has 1 saturated heterocycles. The largest absolute Gasteiger partial charge is 0.504 e. The molecule has 0 amide bonds. The number of likely N-dealkylation sites (tertiary alicyclic amines) is 1. The molecule has 3 heterocycles. The molecule has 2 aliphatic heterocycles. The van der Waals surface area contributed by atoms with Crippen molar-refractivity contribution in [3.05, 3.63) is 58.3 Å². The molecule has 1 spiro atoms. The monoisotopic (exact) mass is 555 g/mol. The van der Waals surface area contributed by atoms with E-state index in [0.717, 1.165) is 84.5 Å². The van der Waals surface area contributed by atoms with Crippen LogP contribution >= 0.6 is 0 Å². The minimum Gasteiger partial charge on any atom is -0.504 e. The smallest absolute Gasteiger partial charge is 0.166 e. The van der Waals surface area contributed by atoms with Gasteiger partial charge in [-0.3, -0.25) is 9.89 Å². The van der Waals surface area contributed by atoms with E-state index < -0.39 is 11.0 Å². The first-order valence-corrected chi connectivity index (χ1v) is 15.3. The lowest BCUT2D eigenvalue weighted by atomic mass is 9.49. The van der Waals surface area contributed by atoms with E-state index >= 15 is 0 Å². The standard InChI is InChI=1S/C33H41N5O3/c1-37(2)12-3-4-27(34)35-17-20-7-9-24-22(14-20)23-16-33(40)26-15-21-8-10-25(39)30-28(21)32(33,31(41-30)29(23)36-24)11-13-38(26)18-19-5-6-19/h7-10,14,19,26,31,36,39-40H,3-6,11-13,15-18H2,1-2H3,(H2,34,35)/t26-,31-,32-,33+/m0/s1. The third kappa shape index (κ3) is 3.66. The number of aromatic amines is 1. The molecule has 1 saturated carbocycles. The van der Waals surface area contributed by atoms with Crippen molar-refractivity contribution in [1.29, 1.82) is 0 Å². The molecule has 3 aliphatic carbocycles. The van der Waals surface area contributed by atoms with Crippen molar-refractivity contribution in [2.24, 2.45) is 16.6 Å². The molecule has 216 valence electrons. The molecule has 2 bridgehead atoms. The lowest BCUT2D eigenvalue weighted by Crippen LogP contribution is -2.74. The Morgan fingerprint density at radius 2 is 2.10 bits per heavy atom. The topological polar surface area (TPSA) is 110 Å². The van der Waals surface area contributed by atoms with Crippen LogP contribution in [0.1, 0.15) is 66.2 Å². The summed E-state index contributed by atoms with van der Waals surface area (Å²) in [5.74, 6) is 2.20. The SMILES string of the molecule is CN(C)CCCC(N)=NCc1ccc2[nH]c3c(c2c1)C[C@@]1(O)[C@@H]2Cc4ccc(O)c5c4[C@@]1(CCN2CC1CC1)[C@H]3O5. The van der Waals surface area contributed by atoms with Crippen LogP contribution in [0.4, 0.5) is 0 Å². The van der Waals surface area contributed by atoms with Gasteiger partial charge in [-0.25, -0.2) is 0 Å². The van der Waals surface area contributed by atoms with Gasteiger partial charge >= 0.3 is 0 Å². The van der Waals surface area contributed by atoms with Gasteiger partial charge < -0.3 is 30.6 Å². The van der Waals surface area contributed by atoms with Crippen LogP contribution in [0.25, 0.3) is 10.9 Å². The highest BCUT2D eigenvalue weighted by Gasteiger charge is 2.72. The number of piperidine rings is 1. The van der Waals surface area contributed by atoms with Crippen LogP contribution in [0.3, 0.4) is 0 Å². The number of ether oxygens (including phenoxy) is 1. The number of benzene rings is 2. The van der Waals surface area contributed by atoms with E-state index in [-0.39, 0.29) is 17.9 Å². The maximum Gasteiger partial charge on any atom is 0.166 e. The fraction of sp³-hybridized carbons (Fsp3) is 0.545. The van der Waals surface area contributed by atoms with Crippen molar-refractivity contribution in [2.75, 3.05) is 33.7 Å². The van der Waals surface area contributed by atoms with Crippen molar-refractivity contribution in [2.45, 2.75) is 74.7 Å². The van der Waals surface area contributed by atoms with Crippen molar-refractivity contribution in [1.82, 2.24) is 14.8 Å². The van der Waals surface area contributed by atoms with Gasteiger partial charge in [0.05, 0.1) is 29.1 Å². The molecule has 8 nitrogen and oxygen atoms in total. The molecule has 2 fully saturated rings. The van der Waals surface area contributed by atoms with Crippen LogP contribution in [0.2, 0.25) is 0 Å². The average molecular weight is 556 g/mol. The minimum atomic E-state index is -0.982. The van der Waals surface area contributed by atoms with Crippen LogP contribution in [-0.4, -0.2) is 76.2 Å². The Morgan fingerprint density at radius 3 is 2.90 bits per heavy atom. The van der Waals surface area contributed by atoms with Crippen LogP contribution in [0.15, 0.2) is 35.3 Å². The Kier molecular flexibility index (Phi) is 5.60. The number of nitrogens with two attached hydrogens (primary N) is 1. The summed E-state index contributed by atoms with van der Waals surface area (Å²) >= 11 is 0. The molecule has 2 aromatic carbocycles. The van der Waals surface area contributed by atoms with E-state index in [2.05, 4.69) is 58.1 Å².